The minimum absolute atomic E-state index is 0.245. The van der Waals surface area contributed by atoms with Crippen molar-refractivity contribution in [1.29, 1.82) is 0 Å². The van der Waals surface area contributed by atoms with Crippen LogP contribution < -0.4 is 15.0 Å². The van der Waals surface area contributed by atoms with Crippen LogP contribution in [0.1, 0.15) is 22.9 Å². The number of anilines is 2. The Morgan fingerprint density at radius 1 is 0.769 bits per heavy atom. The fraction of sp³-hybridized carbons (Fsp3) is 0.0938. The average molecular weight is 511 g/mol. The molecule has 2 aliphatic heterocycles. The van der Waals surface area contributed by atoms with Gasteiger partial charge in [-0.25, -0.2) is 14.7 Å². The van der Waals surface area contributed by atoms with E-state index in [1.54, 1.807) is 7.11 Å². The number of aliphatic imine (C=N–C) groups is 2. The molecule has 1 aromatic heterocycles. The lowest BCUT2D eigenvalue weighted by Crippen LogP contribution is -2.46. The second-order valence-corrected chi connectivity index (χ2v) is 9.46. The molecular weight excluding hydrogens is 484 g/mol. The topological polar surface area (TPSA) is 67.0 Å². The van der Waals surface area contributed by atoms with Gasteiger partial charge in [-0.15, -0.1) is 0 Å². The van der Waals surface area contributed by atoms with Gasteiger partial charge in [-0.2, -0.15) is 5.10 Å². The van der Waals surface area contributed by atoms with Crippen LogP contribution in [0.2, 0.25) is 0 Å². The number of nitrogens with zero attached hydrogens (tertiary/aromatic N) is 5. The van der Waals surface area contributed by atoms with E-state index in [4.69, 9.17) is 19.8 Å². The van der Waals surface area contributed by atoms with Gasteiger partial charge in [0.25, 0.3) is 0 Å². The number of amidine groups is 2. The minimum atomic E-state index is -0.245. The molecule has 7 heteroatoms. The first-order chi connectivity index (χ1) is 19.2. The van der Waals surface area contributed by atoms with Crippen LogP contribution in [0, 0.1) is 6.92 Å². The molecule has 0 saturated carbocycles. The molecule has 0 radical (unpaired) electrons. The summed E-state index contributed by atoms with van der Waals surface area (Å²) >= 11 is 0. The van der Waals surface area contributed by atoms with Gasteiger partial charge in [0.1, 0.15) is 5.75 Å². The van der Waals surface area contributed by atoms with Crippen LogP contribution in [-0.2, 0) is 0 Å². The Bertz CT molecular complexity index is 1740. The van der Waals surface area contributed by atoms with Crippen molar-refractivity contribution in [2.75, 3.05) is 17.3 Å². The standard InChI is InChI=1S/C32H26N6O/c1-21-28-29(24-17-9-12-20-27(24)39-2)37-26-19-11-10-18-25(26)34-30(33-22-13-5-3-6-14-22)32(37)35-31(28)38(36-21)23-15-7-4-8-16-23/h3-20,29H,1-2H3,(H,33,34). The Balaban J connectivity index is 1.53. The molecule has 4 aromatic carbocycles. The van der Waals surface area contributed by atoms with Crippen LogP contribution in [0.25, 0.3) is 5.69 Å². The second-order valence-electron chi connectivity index (χ2n) is 9.46. The van der Waals surface area contributed by atoms with Crippen LogP contribution in [0.5, 0.6) is 5.75 Å². The molecule has 5 aromatic rings. The molecule has 0 bridgehead atoms. The molecule has 0 spiro atoms. The van der Waals surface area contributed by atoms with Gasteiger partial charge in [0.2, 0.25) is 0 Å². The highest BCUT2D eigenvalue weighted by molar-refractivity contribution is 6.51. The van der Waals surface area contributed by atoms with Gasteiger partial charge >= 0.3 is 0 Å². The number of para-hydroxylation sites is 5. The van der Waals surface area contributed by atoms with Crippen molar-refractivity contribution < 1.29 is 4.74 Å². The van der Waals surface area contributed by atoms with E-state index in [1.807, 2.05) is 109 Å². The summed E-state index contributed by atoms with van der Waals surface area (Å²) in [5.41, 5.74) is 6.69. The lowest BCUT2D eigenvalue weighted by Gasteiger charge is -2.41. The van der Waals surface area contributed by atoms with Gasteiger partial charge in [0.05, 0.1) is 35.9 Å². The molecule has 1 N–H and O–H groups in total. The normalized spacial score (nSPS) is 15.4. The highest BCUT2D eigenvalue weighted by Crippen LogP contribution is 2.49. The predicted octanol–water partition coefficient (Wildman–Crippen LogP) is 6.98. The lowest BCUT2D eigenvalue weighted by molar-refractivity contribution is 0.407. The number of fused-ring (bicyclic) bond motifs is 4. The third-order valence-electron chi connectivity index (χ3n) is 7.11. The van der Waals surface area contributed by atoms with Crippen LogP contribution >= 0.6 is 0 Å². The van der Waals surface area contributed by atoms with Gasteiger partial charge in [-0.05, 0) is 49.4 Å². The van der Waals surface area contributed by atoms with E-state index in [2.05, 4.69) is 22.3 Å². The number of aryl methyl sites for hydroxylation is 1. The summed E-state index contributed by atoms with van der Waals surface area (Å²) in [5, 5.41) is 8.53. The third-order valence-corrected chi connectivity index (χ3v) is 7.11. The zero-order valence-corrected chi connectivity index (χ0v) is 21.6. The van der Waals surface area contributed by atoms with Crippen LogP contribution in [0.15, 0.2) is 119 Å². The van der Waals surface area contributed by atoms with E-state index in [0.29, 0.717) is 5.84 Å². The smallest absolute Gasteiger partial charge is 0.179 e. The maximum Gasteiger partial charge on any atom is 0.179 e. The summed E-state index contributed by atoms with van der Waals surface area (Å²) in [6, 6.07) is 36.3. The molecule has 1 unspecified atom stereocenters. The molecule has 0 saturated heterocycles. The maximum absolute atomic E-state index is 5.90. The van der Waals surface area contributed by atoms with E-state index in [9.17, 15) is 0 Å². The Morgan fingerprint density at radius 2 is 1.46 bits per heavy atom. The van der Waals surface area contributed by atoms with E-state index in [0.717, 1.165) is 57.0 Å². The molecule has 0 aliphatic carbocycles. The largest absolute Gasteiger partial charge is 0.496 e. The van der Waals surface area contributed by atoms with Crippen molar-refractivity contribution in [3.63, 3.8) is 0 Å². The molecule has 7 rings (SSSR count). The van der Waals surface area contributed by atoms with Gasteiger partial charge in [-0.1, -0.05) is 66.7 Å². The number of hydrogen-bond donors (Lipinski definition) is 1. The first-order valence-corrected chi connectivity index (χ1v) is 12.9. The first-order valence-electron chi connectivity index (χ1n) is 12.9. The van der Waals surface area contributed by atoms with Crippen molar-refractivity contribution in [1.82, 2.24) is 9.78 Å². The molecule has 3 heterocycles. The maximum atomic E-state index is 5.90. The monoisotopic (exact) mass is 510 g/mol. The second kappa shape index (κ2) is 9.29. The number of nitrogens with one attached hydrogen (secondary N) is 1. The first kappa shape index (κ1) is 23.0. The number of rotatable bonds is 4. The molecule has 7 nitrogen and oxygen atoms in total. The Kier molecular flexibility index (Phi) is 5.48. The van der Waals surface area contributed by atoms with Crippen molar-refractivity contribution in [2.45, 2.75) is 13.0 Å². The number of aromatic nitrogens is 2. The zero-order chi connectivity index (χ0) is 26.3. The zero-order valence-electron chi connectivity index (χ0n) is 21.6. The molecule has 39 heavy (non-hydrogen) atoms. The number of methoxy groups -OCH3 is 1. The van der Waals surface area contributed by atoms with E-state index in [-0.39, 0.29) is 6.04 Å². The lowest BCUT2D eigenvalue weighted by atomic mass is 9.92. The molecule has 0 fully saturated rings. The van der Waals surface area contributed by atoms with Crippen LogP contribution in [0.3, 0.4) is 0 Å². The quantitative estimate of drug-likeness (QED) is 0.283. The number of ether oxygens (including phenoxy) is 1. The van der Waals surface area contributed by atoms with Crippen molar-refractivity contribution >= 4 is 34.6 Å². The summed E-state index contributed by atoms with van der Waals surface area (Å²) in [7, 11) is 1.71. The third kappa shape index (κ3) is 3.78. The Hall–Kier alpha value is -5.17. The average Bonchev–Trinajstić information content (AvgIpc) is 3.33. The number of hydrogen-bond acceptors (Lipinski definition) is 6. The van der Waals surface area contributed by atoms with Crippen LogP contribution in [0.4, 0.5) is 22.9 Å². The summed E-state index contributed by atoms with van der Waals surface area (Å²) in [5.74, 6) is 2.98. The minimum Gasteiger partial charge on any atom is -0.496 e. The van der Waals surface area contributed by atoms with E-state index >= 15 is 0 Å². The summed E-state index contributed by atoms with van der Waals surface area (Å²) in [6.07, 6.45) is 0. The van der Waals surface area contributed by atoms with Crippen molar-refractivity contribution in [2.24, 2.45) is 9.98 Å². The van der Waals surface area contributed by atoms with E-state index < -0.39 is 0 Å². The Labute approximate surface area is 226 Å². The summed E-state index contributed by atoms with van der Waals surface area (Å²) < 4.78 is 7.82. The van der Waals surface area contributed by atoms with Gasteiger partial charge < -0.3 is 15.0 Å². The summed E-state index contributed by atoms with van der Waals surface area (Å²) in [6.45, 7) is 2.05. The molecule has 1 atom stereocenters. The SMILES string of the molecule is COc1ccccc1C1c2c(C)nn(-c3ccccc3)c2N=C2C(Nc3ccccc3)=Nc3ccccc3N21. The van der Waals surface area contributed by atoms with Gasteiger partial charge in [-0.3, -0.25) is 0 Å². The molecule has 2 aliphatic rings. The Morgan fingerprint density at radius 3 is 2.26 bits per heavy atom. The highest BCUT2D eigenvalue weighted by atomic mass is 16.5. The fourth-order valence-electron chi connectivity index (χ4n) is 5.39. The van der Waals surface area contributed by atoms with E-state index in [1.165, 1.54) is 0 Å². The van der Waals surface area contributed by atoms with Crippen LogP contribution in [-0.4, -0.2) is 28.6 Å². The van der Waals surface area contributed by atoms with Crippen molar-refractivity contribution in [3.8, 4) is 11.4 Å². The fourth-order valence-corrected chi connectivity index (χ4v) is 5.39. The predicted molar refractivity (Wildman–Crippen MR) is 156 cm³/mol. The summed E-state index contributed by atoms with van der Waals surface area (Å²) in [4.78, 5) is 12.6. The van der Waals surface area contributed by atoms with Gasteiger partial charge in [0.15, 0.2) is 17.5 Å². The molecule has 190 valence electrons. The highest BCUT2D eigenvalue weighted by Gasteiger charge is 2.42. The van der Waals surface area contributed by atoms with Crippen molar-refractivity contribution in [3.05, 3.63) is 126 Å². The molecular formula is C32H26N6O. The number of benzene rings is 4. The molecule has 0 amide bonds. The van der Waals surface area contributed by atoms with Gasteiger partial charge in [0, 0.05) is 16.8 Å².